The first-order chi connectivity index (χ1) is 12.7. The number of carbonyl (C=O) groups excluding carboxylic acids is 2. The van der Waals surface area contributed by atoms with Crippen LogP contribution >= 0.6 is 0 Å². The SMILES string of the molecule is CCOC(=O)N1CCC(=NNC(=O)CN2CCCc3ccccc32)CC1. The molecule has 0 bridgehead atoms. The molecule has 2 amide bonds. The van der Waals surface area contributed by atoms with Crippen molar-refractivity contribution in [2.24, 2.45) is 5.10 Å². The van der Waals surface area contributed by atoms with E-state index in [0.29, 0.717) is 39.1 Å². The summed E-state index contributed by atoms with van der Waals surface area (Å²) in [5, 5.41) is 4.26. The maximum absolute atomic E-state index is 12.3. The number of nitrogens with one attached hydrogen (secondary N) is 1. The molecule has 2 aliphatic rings. The van der Waals surface area contributed by atoms with Gasteiger partial charge in [0.2, 0.25) is 0 Å². The van der Waals surface area contributed by atoms with Crippen LogP contribution in [0, 0.1) is 0 Å². The number of piperidine rings is 1. The predicted molar refractivity (Wildman–Crippen MR) is 100 cm³/mol. The molecule has 0 aromatic heterocycles. The van der Waals surface area contributed by atoms with Crippen LogP contribution < -0.4 is 10.3 Å². The highest BCUT2D eigenvalue weighted by molar-refractivity contribution is 5.89. The standard InChI is InChI=1S/C19H26N4O3/c1-2-26-19(25)22-12-9-16(10-13-22)20-21-18(24)14-23-11-5-7-15-6-3-4-8-17(15)23/h3-4,6,8H,2,5,7,9-14H2,1H3,(H,21,24). The summed E-state index contributed by atoms with van der Waals surface area (Å²) in [6.07, 6.45) is 3.16. The normalized spacial score (nSPS) is 16.7. The van der Waals surface area contributed by atoms with Crippen molar-refractivity contribution < 1.29 is 14.3 Å². The van der Waals surface area contributed by atoms with Crippen molar-refractivity contribution in [3.63, 3.8) is 0 Å². The first kappa shape index (κ1) is 18.2. The number of rotatable bonds is 4. The van der Waals surface area contributed by atoms with E-state index < -0.39 is 0 Å². The molecular weight excluding hydrogens is 332 g/mol. The number of aryl methyl sites for hydroxylation is 1. The molecule has 1 saturated heterocycles. The summed E-state index contributed by atoms with van der Waals surface area (Å²) in [6.45, 7) is 4.52. The van der Waals surface area contributed by atoms with E-state index in [4.69, 9.17) is 4.74 Å². The van der Waals surface area contributed by atoms with Crippen LogP contribution in [0.25, 0.3) is 0 Å². The summed E-state index contributed by atoms with van der Waals surface area (Å²) in [5.41, 5.74) is 6.03. The molecule has 0 aliphatic carbocycles. The quantitative estimate of drug-likeness (QED) is 0.837. The van der Waals surface area contributed by atoms with Gasteiger partial charge in [0.15, 0.2) is 0 Å². The number of hydrazone groups is 1. The summed E-state index contributed by atoms with van der Waals surface area (Å²) in [5.74, 6) is -0.109. The van der Waals surface area contributed by atoms with Gasteiger partial charge in [-0.05, 0) is 31.4 Å². The molecule has 1 fully saturated rings. The molecule has 0 saturated carbocycles. The zero-order valence-corrected chi connectivity index (χ0v) is 15.2. The Bertz CT molecular complexity index is 679. The summed E-state index contributed by atoms with van der Waals surface area (Å²) in [4.78, 5) is 27.7. The number of ether oxygens (including phenoxy) is 1. The number of carbonyl (C=O) groups is 2. The van der Waals surface area contributed by atoms with Gasteiger partial charge in [-0.2, -0.15) is 5.10 Å². The van der Waals surface area contributed by atoms with Crippen molar-refractivity contribution in [3.8, 4) is 0 Å². The monoisotopic (exact) mass is 358 g/mol. The van der Waals surface area contributed by atoms with Gasteiger partial charge in [0.25, 0.3) is 5.91 Å². The van der Waals surface area contributed by atoms with Crippen molar-refractivity contribution in [3.05, 3.63) is 29.8 Å². The molecule has 2 heterocycles. The molecule has 7 heteroatoms. The second-order valence-electron chi connectivity index (χ2n) is 6.55. The Morgan fingerprint density at radius 3 is 2.69 bits per heavy atom. The molecule has 140 valence electrons. The molecule has 0 atom stereocenters. The Labute approximate surface area is 154 Å². The average Bonchev–Trinajstić information content (AvgIpc) is 2.67. The third-order valence-corrected chi connectivity index (χ3v) is 4.75. The molecule has 3 rings (SSSR count). The van der Waals surface area contributed by atoms with Crippen molar-refractivity contribution in [1.29, 1.82) is 0 Å². The third-order valence-electron chi connectivity index (χ3n) is 4.75. The van der Waals surface area contributed by atoms with Crippen molar-refractivity contribution >= 4 is 23.4 Å². The number of anilines is 1. The summed E-state index contributed by atoms with van der Waals surface area (Å²) < 4.78 is 5.00. The average molecular weight is 358 g/mol. The second-order valence-corrected chi connectivity index (χ2v) is 6.55. The number of likely N-dealkylation sites (tertiary alicyclic amines) is 1. The van der Waals surface area contributed by atoms with Gasteiger partial charge in [-0.15, -0.1) is 0 Å². The zero-order valence-electron chi connectivity index (χ0n) is 15.2. The van der Waals surface area contributed by atoms with E-state index in [1.165, 1.54) is 5.56 Å². The summed E-state index contributed by atoms with van der Waals surface area (Å²) >= 11 is 0. The van der Waals surface area contributed by atoms with E-state index in [0.717, 1.165) is 30.8 Å². The summed E-state index contributed by atoms with van der Waals surface area (Å²) in [7, 11) is 0. The highest BCUT2D eigenvalue weighted by Gasteiger charge is 2.21. The van der Waals surface area contributed by atoms with Gasteiger partial charge in [0, 0.05) is 43.9 Å². The van der Waals surface area contributed by atoms with Gasteiger partial charge in [0.05, 0.1) is 13.2 Å². The lowest BCUT2D eigenvalue weighted by molar-refractivity contribution is -0.119. The van der Waals surface area contributed by atoms with Gasteiger partial charge in [0.1, 0.15) is 0 Å². The largest absolute Gasteiger partial charge is 0.450 e. The van der Waals surface area contributed by atoms with E-state index in [1.54, 1.807) is 11.8 Å². The Hall–Kier alpha value is -2.57. The lowest BCUT2D eigenvalue weighted by atomic mass is 10.0. The fourth-order valence-electron chi connectivity index (χ4n) is 3.40. The predicted octanol–water partition coefficient (Wildman–Crippen LogP) is 2.16. The molecule has 26 heavy (non-hydrogen) atoms. The second kappa shape index (κ2) is 8.69. The molecule has 1 N–H and O–H groups in total. The molecule has 0 unspecified atom stereocenters. The minimum absolute atomic E-state index is 0.109. The number of para-hydroxylation sites is 1. The van der Waals surface area contributed by atoms with Crippen LogP contribution in [-0.4, -0.2) is 55.4 Å². The molecule has 7 nitrogen and oxygen atoms in total. The zero-order chi connectivity index (χ0) is 18.4. The fourth-order valence-corrected chi connectivity index (χ4v) is 3.40. The van der Waals surface area contributed by atoms with Crippen molar-refractivity contribution in [1.82, 2.24) is 10.3 Å². The smallest absolute Gasteiger partial charge is 0.409 e. The Morgan fingerprint density at radius 1 is 1.15 bits per heavy atom. The van der Waals surface area contributed by atoms with Crippen LogP contribution in [-0.2, 0) is 16.0 Å². The van der Waals surface area contributed by atoms with E-state index in [9.17, 15) is 9.59 Å². The Balaban J connectivity index is 1.48. The molecule has 2 aliphatic heterocycles. The maximum Gasteiger partial charge on any atom is 0.409 e. The van der Waals surface area contributed by atoms with Crippen LogP contribution in [0.15, 0.2) is 29.4 Å². The minimum Gasteiger partial charge on any atom is -0.450 e. The number of amides is 2. The first-order valence-electron chi connectivity index (χ1n) is 9.26. The van der Waals surface area contributed by atoms with E-state index in [-0.39, 0.29) is 12.0 Å². The number of fused-ring (bicyclic) bond motifs is 1. The number of benzene rings is 1. The molecule has 1 aromatic carbocycles. The lowest BCUT2D eigenvalue weighted by Crippen LogP contribution is -2.41. The van der Waals surface area contributed by atoms with Crippen molar-refractivity contribution in [2.75, 3.05) is 37.7 Å². The Kier molecular flexibility index (Phi) is 6.09. The number of hydrogen-bond acceptors (Lipinski definition) is 5. The van der Waals surface area contributed by atoms with Crippen LogP contribution in [0.1, 0.15) is 31.7 Å². The van der Waals surface area contributed by atoms with Crippen molar-refractivity contribution in [2.45, 2.75) is 32.6 Å². The van der Waals surface area contributed by atoms with Gasteiger partial charge < -0.3 is 14.5 Å². The van der Waals surface area contributed by atoms with E-state index >= 15 is 0 Å². The molecule has 0 radical (unpaired) electrons. The molecule has 1 aromatic rings. The lowest BCUT2D eigenvalue weighted by Gasteiger charge is -2.30. The van der Waals surface area contributed by atoms with Gasteiger partial charge in [-0.3, -0.25) is 4.79 Å². The molecule has 0 spiro atoms. The van der Waals surface area contributed by atoms with Crippen LogP contribution in [0.4, 0.5) is 10.5 Å². The summed E-state index contributed by atoms with van der Waals surface area (Å²) in [6, 6.07) is 8.24. The van der Waals surface area contributed by atoms with Gasteiger partial charge in [-0.1, -0.05) is 18.2 Å². The van der Waals surface area contributed by atoms with Gasteiger partial charge >= 0.3 is 6.09 Å². The van der Waals surface area contributed by atoms with Crippen LogP contribution in [0.3, 0.4) is 0 Å². The highest BCUT2D eigenvalue weighted by Crippen LogP contribution is 2.26. The highest BCUT2D eigenvalue weighted by atomic mass is 16.6. The van der Waals surface area contributed by atoms with Gasteiger partial charge in [-0.25, -0.2) is 10.2 Å². The topological polar surface area (TPSA) is 74.2 Å². The van der Waals surface area contributed by atoms with Crippen LogP contribution in [0.5, 0.6) is 0 Å². The number of nitrogens with zero attached hydrogens (tertiary/aromatic N) is 3. The Morgan fingerprint density at radius 2 is 1.92 bits per heavy atom. The third kappa shape index (κ3) is 4.53. The van der Waals surface area contributed by atoms with Crippen LogP contribution in [0.2, 0.25) is 0 Å². The maximum atomic E-state index is 12.3. The minimum atomic E-state index is -0.278. The van der Waals surface area contributed by atoms with E-state index in [2.05, 4.69) is 27.6 Å². The fraction of sp³-hybridized carbons (Fsp3) is 0.526. The first-order valence-corrected chi connectivity index (χ1v) is 9.26. The van der Waals surface area contributed by atoms with E-state index in [1.807, 2.05) is 12.1 Å². The molecular formula is C19H26N4O3. The number of hydrogen-bond donors (Lipinski definition) is 1.